The van der Waals surface area contributed by atoms with Crippen LogP contribution in [0.4, 0.5) is 0 Å². The van der Waals surface area contributed by atoms with E-state index >= 15 is 0 Å². The summed E-state index contributed by atoms with van der Waals surface area (Å²) in [6.45, 7) is 0.555. The van der Waals surface area contributed by atoms with E-state index < -0.39 is 0 Å². The maximum absolute atomic E-state index is 5.67. The lowest BCUT2D eigenvalue weighted by Crippen LogP contribution is -2.11. The van der Waals surface area contributed by atoms with Crippen LogP contribution in [0.25, 0.3) is 22.2 Å². The first-order valence-corrected chi connectivity index (χ1v) is 6.45. The van der Waals surface area contributed by atoms with Crippen molar-refractivity contribution in [1.29, 1.82) is 0 Å². The van der Waals surface area contributed by atoms with Gasteiger partial charge in [0.25, 0.3) is 0 Å². The Morgan fingerprint density at radius 1 is 1.14 bits per heavy atom. The van der Waals surface area contributed by atoms with E-state index in [0.717, 1.165) is 16.5 Å². The highest BCUT2D eigenvalue weighted by Gasteiger charge is 2.08. The van der Waals surface area contributed by atoms with Crippen LogP contribution in [0, 0.1) is 0 Å². The van der Waals surface area contributed by atoms with E-state index in [2.05, 4.69) is 31.3 Å². The molecule has 7 heteroatoms. The molecule has 98 valence electrons. The normalized spacial score (nSPS) is 11.2. The molecule has 3 heterocycles. The maximum Gasteiger partial charge on any atom is 0.221 e. The molecular weight excluding hydrogens is 263 g/mol. The number of pyridine rings is 1. The van der Waals surface area contributed by atoms with Crippen molar-refractivity contribution in [2.45, 2.75) is 6.54 Å². The van der Waals surface area contributed by atoms with Gasteiger partial charge in [-0.1, -0.05) is 17.3 Å². The minimum Gasteiger partial charge on any atom is -0.256 e. The zero-order valence-corrected chi connectivity index (χ0v) is 11.0. The highest BCUT2D eigenvalue weighted by atomic mass is 15.4. The highest BCUT2D eigenvalue weighted by molar-refractivity contribution is 6.30. The molecule has 0 atom stereocenters. The van der Waals surface area contributed by atoms with Gasteiger partial charge in [0, 0.05) is 23.4 Å². The summed E-state index contributed by atoms with van der Waals surface area (Å²) in [5, 5.41) is 9.16. The second kappa shape index (κ2) is 4.62. The number of rotatable bonds is 2. The van der Waals surface area contributed by atoms with E-state index in [0.29, 0.717) is 23.4 Å². The topological polar surface area (TPSA) is 69.4 Å². The van der Waals surface area contributed by atoms with Crippen LogP contribution in [0.5, 0.6) is 0 Å². The molecule has 0 spiro atoms. The molecule has 4 rings (SSSR count). The first-order chi connectivity index (χ1) is 10.3. The van der Waals surface area contributed by atoms with Crippen molar-refractivity contribution in [1.82, 2.24) is 29.9 Å². The molecule has 0 N–H and O–H groups in total. The molecule has 0 aliphatic heterocycles. The Balaban J connectivity index is 1.77. The zero-order chi connectivity index (χ0) is 14.2. The molecule has 0 unspecified atom stereocenters. The largest absolute Gasteiger partial charge is 0.256 e. The van der Waals surface area contributed by atoms with Gasteiger partial charge in [-0.15, -0.1) is 5.10 Å². The molecule has 3 aromatic heterocycles. The summed E-state index contributed by atoms with van der Waals surface area (Å²) in [5.41, 5.74) is 3.49. The summed E-state index contributed by atoms with van der Waals surface area (Å²) < 4.78 is 1.69. The fourth-order valence-corrected chi connectivity index (χ4v) is 2.27. The number of hydrogen-bond acceptors (Lipinski definition) is 5. The van der Waals surface area contributed by atoms with Crippen LogP contribution in [0.3, 0.4) is 0 Å². The van der Waals surface area contributed by atoms with Gasteiger partial charge in [-0.05, 0) is 23.8 Å². The first-order valence-electron chi connectivity index (χ1n) is 6.45. The van der Waals surface area contributed by atoms with Crippen LogP contribution in [0.15, 0.2) is 42.7 Å². The fraction of sp³-hybridized carbons (Fsp3) is 0.0714. The van der Waals surface area contributed by atoms with Gasteiger partial charge in [0.05, 0.1) is 12.1 Å². The minimum absolute atomic E-state index is 0.355. The second-order valence-corrected chi connectivity index (χ2v) is 4.72. The van der Waals surface area contributed by atoms with Crippen molar-refractivity contribution in [3.05, 3.63) is 48.3 Å². The van der Waals surface area contributed by atoms with Crippen LogP contribution in [-0.4, -0.2) is 37.8 Å². The molecule has 0 fully saturated rings. The number of aromatic nitrogens is 6. The van der Waals surface area contributed by atoms with Gasteiger partial charge in [-0.3, -0.25) is 4.98 Å². The molecule has 0 aliphatic rings. The molecule has 6 nitrogen and oxygen atoms in total. The molecule has 0 bridgehead atoms. The monoisotopic (exact) mass is 272 g/mol. The van der Waals surface area contributed by atoms with E-state index in [1.54, 1.807) is 10.9 Å². The van der Waals surface area contributed by atoms with E-state index in [1.165, 1.54) is 6.20 Å². The summed E-state index contributed by atoms with van der Waals surface area (Å²) >= 11 is 0. The van der Waals surface area contributed by atoms with Gasteiger partial charge in [0.2, 0.25) is 5.65 Å². The van der Waals surface area contributed by atoms with Gasteiger partial charge in [-0.25, -0.2) is 14.6 Å². The number of benzene rings is 1. The van der Waals surface area contributed by atoms with E-state index in [4.69, 9.17) is 7.85 Å². The summed E-state index contributed by atoms with van der Waals surface area (Å²) in [4.78, 5) is 12.6. The first kappa shape index (κ1) is 12.0. The summed E-state index contributed by atoms with van der Waals surface area (Å²) in [6.07, 6.45) is 3.26. The van der Waals surface area contributed by atoms with Gasteiger partial charge >= 0.3 is 0 Å². The van der Waals surface area contributed by atoms with Crippen LogP contribution >= 0.6 is 0 Å². The lowest BCUT2D eigenvalue weighted by Gasteiger charge is -2.04. The smallest absolute Gasteiger partial charge is 0.221 e. The standard InChI is InChI=1S/C14H9BN6/c15-12-7-17-13-14(18-12)21(20-19-13)8-9-3-4-11-10(6-9)2-1-5-16-11/h1-7H,8H2. The molecule has 0 saturated heterocycles. The van der Waals surface area contributed by atoms with Crippen molar-refractivity contribution < 1.29 is 0 Å². The lowest BCUT2D eigenvalue weighted by molar-refractivity contribution is 0.665. The Hall–Kier alpha value is -2.83. The summed E-state index contributed by atoms with van der Waals surface area (Å²) in [5.74, 6) is 0. The van der Waals surface area contributed by atoms with Crippen molar-refractivity contribution in [3.8, 4) is 0 Å². The summed E-state index contributed by atoms with van der Waals surface area (Å²) in [7, 11) is 5.67. The number of nitrogens with zero attached hydrogens (tertiary/aromatic N) is 6. The highest BCUT2D eigenvalue weighted by Crippen LogP contribution is 2.15. The third kappa shape index (κ3) is 2.12. The molecule has 0 saturated carbocycles. The predicted octanol–water partition coefficient (Wildman–Crippen LogP) is 0.612. The van der Waals surface area contributed by atoms with Crippen molar-refractivity contribution >= 4 is 35.6 Å². The average molecular weight is 272 g/mol. The number of hydrogen-bond donors (Lipinski definition) is 0. The predicted molar refractivity (Wildman–Crippen MR) is 79.4 cm³/mol. The molecule has 0 amide bonds. The Morgan fingerprint density at radius 2 is 2.10 bits per heavy atom. The Kier molecular flexibility index (Phi) is 2.63. The quantitative estimate of drug-likeness (QED) is 0.500. The van der Waals surface area contributed by atoms with E-state index in [9.17, 15) is 0 Å². The van der Waals surface area contributed by atoms with Gasteiger partial charge in [0.15, 0.2) is 5.65 Å². The molecule has 1 aromatic carbocycles. The zero-order valence-electron chi connectivity index (χ0n) is 11.0. The fourth-order valence-electron chi connectivity index (χ4n) is 2.27. The molecule has 2 radical (unpaired) electrons. The molecule has 4 aromatic rings. The lowest BCUT2D eigenvalue weighted by atomic mass is 10.1. The van der Waals surface area contributed by atoms with Crippen LogP contribution < -0.4 is 5.59 Å². The Bertz CT molecular complexity index is 948. The van der Waals surface area contributed by atoms with Gasteiger partial charge < -0.3 is 0 Å². The summed E-state index contributed by atoms with van der Waals surface area (Å²) in [6, 6.07) is 10.0. The average Bonchev–Trinajstić information content (AvgIpc) is 2.89. The van der Waals surface area contributed by atoms with Crippen molar-refractivity contribution in [2.24, 2.45) is 0 Å². The van der Waals surface area contributed by atoms with Crippen LogP contribution in [0.2, 0.25) is 0 Å². The van der Waals surface area contributed by atoms with E-state index in [-0.39, 0.29) is 0 Å². The molecule has 21 heavy (non-hydrogen) atoms. The van der Waals surface area contributed by atoms with Crippen LogP contribution in [-0.2, 0) is 6.54 Å². The molecule has 0 aliphatic carbocycles. The van der Waals surface area contributed by atoms with E-state index in [1.807, 2.05) is 24.3 Å². The second-order valence-electron chi connectivity index (χ2n) is 4.72. The van der Waals surface area contributed by atoms with Gasteiger partial charge in [-0.2, -0.15) is 0 Å². The SMILES string of the molecule is [B]c1cnc2nnn(Cc3ccc4ncccc4c3)c2n1. The third-order valence-electron chi connectivity index (χ3n) is 3.25. The van der Waals surface area contributed by atoms with Crippen molar-refractivity contribution in [3.63, 3.8) is 0 Å². The Labute approximate surface area is 121 Å². The maximum atomic E-state index is 5.67. The number of fused-ring (bicyclic) bond motifs is 2. The third-order valence-corrected chi connectivity index (χ3v) is 3.25. The van der Waals surface area contributed by atoms with Gasteiger partial charge in [0.1, 0.15) is 7.85 Å². The van der Waals surface area contributed by atoms with Crippen molar-refractivity contribution in [2.75, 3.05) is 0 Å². The van der Waals surface area contributed by atoms with Crippen LogP contribution in [0.1, 0.15) is 5.56 Å². The molecular formula is C14H9BN6. The Morgan fingerprint density at radius 3 is 3.05 bits per heavy atom. The minimum atomic E-state index is 0.355.